The summed E-state index contributed by atoms with van der Waals surface area (Å²) in [4.78, 5) is 10.9. The number of rotatable bonds is 2. The first kappa shape index (κ1) is 11.7. The van der Waals surface area contributed by atoms with Crippen LogP contribution in [-0.2, 0) is 7.05 Å². The van der Waals surface area contributed by atoms with E-state index in [2.05, 4.69) is 0 Å². The summed E-state index contributed by atoms with van der Waals surface area (Å²) in [6.45, 7) is 0. The van der Waals surface area contributed by atoms with Crippen LogP contribution in [0.25, 0.3) is 11.3 Å². The molecule has 88 valence electrons. The summed E-state index contributed by atoms with van der Waals surface area (Å²) >= 11 is 5.59. The van der Waals surface area contributed by atoms with E-state index in [4.69, 9.17) is 16.7 Å². The Bertz CT molecular complexity index is 592. The van der Waals surface area contributed by atoms with Gasteiger partial charge in [-0.3, -0.25) is 0 Å². The average molecular weight is 254 g/mol. The molecule has 2 rings (SSSR count). The van der Waals surface area contributed by atoms with Crippen LogP contribution < -0.4 is 0 Å². The fourth-order valence-corrected chi connectivity index (χ4v) is 1.79. The Kier molecular flexibility index (Phi) is 2.90. The highest BCUT2D eigenvalue weighted by Crippen LogP contribution is 2.25. The number of carbonyl (C=O) groups is 1. The normalized spacial score (nSPS) is 10.5. The van der Waals surface area contributed by atoms with Gasteiger partial charge in [0.1, 0.15) is 11.5 Å². The van der Waals surface area contributed by atoms with Crippen molar-refractivity contribution < 1.29 is 14.3 Å². The standard InChI is InChI=1S/C12H9ClFNO2/c1-15-10(4-5-11(15)12(16)17)7-2-3-8(13)9(14)6-7/h2-6H,1H3,(H,16,17). The summed E-state index contributed by atoms with van der Waals surface area (Å²) in [5.41, 5.74) is 1.36. The van der Waals surface area contributed by atoms with Crippen molar-refractivity contribution in [1.29, 1.82) is 0 Å². The molecule has 0 aliphatic heterocycles. The van der Waals surface area contributed by atoms with Gasteiger partial charge in [-0.2, -0.15) is 0 Å². The Morgan fingerprint density at radius 3 is 2.59 bits per heavy atom. The van der Waals surface area contributed by atoms with Crippen molar-refractivity contribution in [2.75, 3.05) is 0 Å². The zero-order valence-electron chi connectivity index (χ0n) is 8.95. The van der Waals surface area contributed by atoms with Crippen LogP contribution in [0, 0.1) is 5.82 Å². The third-order valence-electron chi connectivity index (χ3n) is 2.56. The van der Waals surface area contributed by atoms with Crippen LogP contribution >= 0.6 is 11.6 Å². The van der Waals surface area contributed by atoms with Gasteiger partial charge in [0, 0.05) is 18.3 Å². The van der Waals surface area contributed by atoms with Crippen LogP contribution in [0.2, 0.25) is 5.02 Å². The lowest BCUT2D eigenvalue weighted by atomic mass is 10.1. The minimum atomic E-state index is -1.02. The van der Waals surface area contributed by atoms with Crippen LogP contribution in [0.1, 0.15) is 10.5 Å². The number of carboxylic acid groups (broad SMARTS) is 1. The fourth-order valence-electron chi connectivity index (χ4n) is 1.67. The van der Waals surface area contributed by atoms with E-state index in [9.17, 15) is 9.18 Å². The molecule has 0 radical (unpaired) electrons. The maximum atomic E-state index is 13.3. The van der Waals surface area contributed by atoms with Crippen LogP contribution in [0.3, 0.4) is 0 Å². The number of hydrogen-bond acceptors (Lipinski definition) is 1. The summed E-state index contributed by atoms with van der Waals surface area (Å²) in [6, 6.07) is 7.48. The quantitative estimate of drug-likeness (QED) is 0.893. The lowest BCUT2D eigenvalue weighted by Crippen LogP contribution is -2.05. The van der Waals surface area contributed by atoms with Crippen LogP contribution in [0.4, 0.5) is 4.39 Å². The minimum absolute atomic E-state index is 0.0430. The maximum Gasteiger partial charge on any atom is 0.352 e. The Hall–Kier alpha value is -1.81. The highest BCUT2D eigenvalue weighted by molar-refractivity contribution is 6.30. The highest BCUT2D eigenvalue weighted by atomic mass is 35.5. The number of hydrogen-bond donors (Lipinski definition) is 1. The topological polar surface area (TPSA) is 42.2 Å². The van der Waals surface area contributed by atoms with Crippen LogP contribution in [-0.4, -0.2) is 15.6 Å². The second-order valence-electron chi connectivity index (χ2n) is 3.60. The van der Waals surface area contributed by atoms with Gasteiger partial charge in [-0.15, -0.1) is 0 Å². The summed E-state index contributed by atoms with van der Waals surface area (Å²) in [7, 11) is 1.62. The highest BCUT2D eigenvalue weighted by Gasteiger charge is 2.13. The van der Waals surface area contributed by atoms with Gasteiger partial charge in [0.25, 0.3) is 0 Å². The lowest BCUT2D eigenvalue weighted by molar-refractivity contribution is 0.0687. The van der Waals surface area contributed by atoms with Crippen molar-refractivity contribution in [3.63, 3.8) is 0 Å². The molecule has 0 fully saturated rings. The molecule has 0 atom stereocenters. The molecular formula is C12H9ClFNO2. The van der Waals surface area contributed by atoms with Gasteiger partial charge >= 0.3 is 5.97 Å². The number of benzene rings is 1. The number of carboxylic acids is 1. The van der Waals surface area contributed by atoms with E-state index < -0.39 is 11.8 Å². The van der Waals surface area contributed by atoms with Crippen molar-refractivity contribution in [2.45, 2.75) is 0 Å². The SMILES string of the molecule is Cn1c(C(=O)O)ccc1-c1ccc(Cl)c(F)c1. The van der Waals surface area contributed by atoms with E-state index in [-0.39, 0.29) is 10.7 Å². The molecule has 1 N–H and O–H groups in total. The molecule has 1 aromatic carbocycles. The zero-order valence-corrected chi connectivity index (χ0v) is 9.70. The van der Waals surface area contributed by atoms with E-state index in [0.29, 0.717) is 11.3 Å². The van der Waals surface area contributed by atoms with Crippen LogP contribution in [0.15, 0.2) is 30.3 Å². The second kappa shape index (κ2) is 4.22. The molecule has 0 aliphatic rings. The molecule has 3 nitrogen and oxygen atoms in total. The largest absolute Gasteiger partial charge is 0.477 e. The van der Waals surface area contributed by atoms with E-state index in [1.54, 1.807) is 19.2 Å². The van der Waals surface area contributed by atoms with Crippen LogP contribution in [0.5, 0.6) is 0 Å². The summed E-state index contributed by atoms with van der Waals surface area (Å²) < 4.78 is 14.8. The number of nitrogens with zero attached hydrogens (tertiary/aromatic N) is 1. The molecule has 1 heterocycles. The molecule has 2 aromatic rings. The molecule has 0 bridgehead atoms. The summed E-state index contributed by atoms with van der Waals surface area (Å²) in [6.07, 6.45) is 0. The van der Waals surface area contributed by atoms with E-state index >= 15 is 0 Å². The van der Waals surface area contributed by atoms with Gasteiger partial charge < -0.3 is 9.67 Å². The molecule has 0 spiro atoms. The molecule has 5 heteroatoms. The first-order valence-corrected chi connectivity index (χ1v) is 5.23. The monoisotopic (exact) mass is 253 g/mol. The van der Waals surface area contributed by atoms with Gasteiger partial charge in [-0.05, 0) is 24.3 Å². The Morgan fingerprint density at radius 1 is 1.35 bits per heavy atom. The zero-order chi connectivity index (χ0) is 12.6. The van der Waals surface area contributed by atoms with Crippen molar-refractivity contribution in [3.8, 4) is 11.3 Å². The summed E-state index contributed by atoms with van der Waals surface area (Å²) in [5.74, 6) is -1.55. The number of halogens is 2. The fraction of sp³-hybridized carbons (Fsp3) is 0.0833. The lowest BCUT2D eigenvalue weighted by Gasteiger charge is -2.06. The van der Waals surface area contributed by atoms with Gasteiger partial charge in [0.15, 0.2) is 0 Å². The van der Waals surface area contributed by atoms with Crippen molar-refractivity contribution in [2.24, 2.45) is 7.05 Å². The maximum absolute atomic E-state index is 13.3. The molecule has 17 heavy (non-hydrogen) atoms. The predicted octanol–water partition coefficient (Wildman–Crippen LogP) is 3.18. The van der Waals surface area contributed by atoms with Gasteiger partial charge in [-0.25, -0.2) is 9.18 Å². The third kappa shape index (κ3) is 2.03. The Labute approximate surface area is 102 Å². The molecule has 0 aliphatic carbocycles. The average Bonchev–Trinajstić information content (AvgIpc) is 2.64. The first-order valence-electron chi connectivity index (χ1n) is 4.85. The van der Waals surface area contributed by atoms with E-state index in [1.807, 2.05) is 0 Å². The third-order valence-corrected chi connectivity index (χ3v) is 2.86. The molecule has 0 saturated carbocycles. The van der Waals surface area contributed by atoms with Crippen molar-refractivity contribution >= 4 is 17.6 Å². The van der Waals surface area contributed by atoms with Gasteiger partial charge in [0.05, 0.1) is 5.02 Å². The van der Waals surface area contributed by atoms with E-state index in [1.165, 1.54) is 22.8 Å². The Morgan fingerprint density at radius 2 is 2.06 bits per heavy atom. The van der Waals surface area contributed by atoms with Crippen molar-refractivity contribution in [1.82, 2.24) is 4.57 Å². The number of aromatic nitrogens is 1. The van der Waals surface area contributed by atoms with Gasteiger partial charge in [-0.1, -0.05) is 17.7 Å². The second-order valence-corrected chi connectivity index (χ2v) is 4.00. The number of aromatic carboxylic acids is 1. The molecule has 0 amide bonds. The molecule has 0 unspecified atom stereocenters. The predicted molar refractivity (Wildman–Crippen MR) is 62.8 cm³/mol. The molecular weight excluding hydrogens is 245 g/mol. The van der Waals surface area contributed by atoms with Gasteiger partial charge in [0.2, 0.25) is 0 Å². The summed E-state index contributed by atoms with van der Waals surface area (Å²) in [5, 5.41) is 8.95. The smallest absolute Gasteiger partial charge is 0.352 e. The Balaban J connectivity index is 2.53. The van der Waals surface area contributed by atoms with E-state index in [0.717, 1.165) is 0 Å². The molecule has 0 saturated heterocycles. The van der Waals surface area contributed by atoms with Crippen molar-refractivity contribution in [3.05, 3.63) is 46.9 Å². The first-order chi connectivity index (χ1) is 8.00. The molecule has 1 aromatic heterocycles. The minimum Gasteiger partial charge on any atom is -0.477 e.